The van der Waals surface area contributed by atoms with Gasteiger partial charge in [0.1, 0.15) is 11.5 Å². The van der Waals surface area contributed by atoms with Crippen LogP contribution in [0, 0.1) is 0 Å². The largest absolute Gasteiger partial charge is 0.497 e. The van der Waals surface area contributed by atoms with Gasteiger partial charge in [-0.15, -0.1) is 24.0 Å². The molecule has 1 aliphatic heterocycles. The van der Waals surface area contributed by atoms with Gasteiger partial charge in [0, 0.05) is 25.3 Å². The molecule has 3 N–H and O–H groups in total. The van der Waals surface area contributed by atoms with Crippen molar-refractivity contribution in [2.24, 2.45) is 4.99 Å². The third-order valence-corrected chi connectivity index (χ3v) is 4.48. The number of aliphatic imine (C=N–C) groups is 1. The van der Waals surface area contributed by atoms with E-state index in [4.69, 9.17) is 14.2 Å². The molecule has 0 spiro atoms. The number of nitrogens with zero attached hydrogens (tertiary/aromatic N) is 1. The van der Waals surface area contributed by atoms with E-state index in [1.807, 2.05) is 6.92 Å². The minimum atomic E-state index is -0.762. The summed E-state index contributed by atoms with van der Waals surface area (Å²) in [5.74, 6) is 1.95. The quantitative estimate of drug-likeness (QED) is 0.293. The molecule has 0 amide bonds. The molecule has 1 aromatic rings. The first-order chi connectivity index (χ1) is 12.5. The lowest BCUT2D eigenvalue weighted by atomic mass is 10.0. The lowest BCUT2D eigenvalue weighted by molar-refractivity contribution is 0.0283. The normalized spacial score (nSPS) is 20.6. The Morgan fingerprint density at radius 2 is 2.11 bits per heavy atom. The summed E-state index contributed by atoms with van der Waals surface area (Å²) in [7, 11) is 3.18. The molecule has 2 rings (SSSR count). The van der Waals surface area contributed by atoms with Gasteiger partial charge in [0.25, 0.3) is 0 Å². The number of aliphatic hydroxyl groups is 1. The lowest BCUT2D eigenvalue weighted by Gasteiger charge is -2.22. The van der Waals surface area contributed by atoms with E-state index in [1.165, 1.54) is 0 Å². The van der Waals surface area contributed by atoms with E-state index >= 15 is 0 Å². The van der Waals surface area contributed by atoms with E-state index in [-0.39, 0.29) is 29.6 Å². The summed E-state index contributed by atoms with van der Waals surface area (Å²) in [6.07, 6.45) is 1.33. The number of benzene rings is 1. The fraction of sp³-hybridized carbons (Fsp3) is 0.632. The van der Waals surface area contributed by atoms with Crippen LogP contribution in [-0.2, 0) is 4.74 Å². The van der Waals surface area contributed by atoms with Gasteiger partial charge in [-0.25, -0.2) is 0 Å². The van der Waals surface area contributed by atoms with Crippen molar-refractivity contribution in [2.75, 3.05) is 40.5 Å². The van der Waals surface area contributed by atoms with Gasteiger partial charge in [0.15, 0.2) is 5.96 Å². The van der Waals surface area contributed by atoms with Crippen molar-refractivity contribution in [3.05, 3.63) is 23.8 Å². The number of aliphatic hydroxyl groups excluding tert-OH is 1. The molecule has 27 heavy (non-hydrogen) atoms. The summed E-state index contributed by atoms with van der Waals surface area (Å²) >= 11 is 0. The first-order valence-corrected chi connectivity index (χ1v) is 9.07. The smallest absolute Gasteiger partial charge is 0.191 e. The van der Waals surface area contributed by atoms with E-state index in [2.05, 4.69) is 22.5 Å². The Morgan fingerprint density at radius 1 is 1.33 bits per heavy atom. The van der Waals surface area contributed by atoms with Crippen LogP contribution < -0.4 is 20.1 Å². The molecule has 0 aromatic heterocycles. The number of hydrogen-bond donors (Lipinski definition) is 3. The molecule has 7 nitrogen and oxygen atoms in total. The summed E-state index contributed by atoms with van der Waals surface area (Å²) < 4.78 is 16.4. The Hall–Kier alpha value is -1.26. The minimum absolute atomic E-state index is 0. The van der Waals surface area contributed by atoms with E-state index in [0.717, 1.165) is 26.0 Å². The van der Waals surface area contributed by atoms with Gasteiger partial charge in [0.05, 0.1) is 32.5 Å². The first kappa shape index (κ1) is 23.8. The van der Waals surface area contributed by atoms with Gasteiger partial charge in [-0.2, -0.15) is 0 Å². The van der Waals surface area contributed by atoms with Gasteiger partial charge in [0.2, 0.25) is 0 Å². The summed E-state index contributed by atoms with van der Waals surface area (Å²) in [5.41, 5.74) is 0.470. The molecule has 1 saturated heterocycles. The van der Waals surface area contributed by atoms with Crippen LogP contribution in [0.3, 0.4) is 0 Å². The molecular weight excluding hydrogens is 461 g/mol. The Morgan fingerprint density at radius 3 is 2.70 bits per heavy atom. The second-order valence-corrected chi connectivity index (χ2v) is 6.60. The average Bonchev–Trinajstić information content (AvgIpc) is 3.10. The summed E-state index contributed by atoms with van der Waals surface area (Å²) in [4.78, 5) is 4.61. The van der Waals surface area contributed by atoms with Crippen molar-refractivity contribution in [2.45, 2.75) is 38.4 Å². The third-order valence-electron chi connectivity index (χ3n) is 4.48. The van der Waals surface area contributed by atoms with Crippen molar-refractivity contribution >= 4 is 29.9 Å². The molecule has 8 heteroatoms. The van der Waals surface area contributed by atoms with Crippen molar-refractivity contribution in [1.82, 2.24) is 10.6 Å². The minimum Gasteiger partial charge on any atom is -0.497 e. The molecule has 1 heterocycles. The molecule has 1 aromatic carbocycles. The first-order valence-electron chi connectivity index (χ1n) is 9.07. The Bertz CT molecular complexity index is 607. The fourth-order valence-electron chi connectivity index (χ4n) is 2.95. The maximum atomic E-state index is 10.6. The zero-order valence-corrected chi connectivity index (χ0v) is 18.9. The third kappa shape index (κ3) is 7.00. The second-order valence-electron chi connectivity index (χ2n) is 6.60. The molecule has 1 aliphatic rings. The molecule has 0 saturated carbocycles. The second kappa shape index (κ2) is 11.6. The molecule has 0 aliphatic carbocycles. The zero-order chi connectivity index (χ0) is 19.0. The predicted octanol–water partition coefficient (Wildman–Crippen LogP) is 2.48. The standard InChI is InChI=1S/C19H31N3O4.HI/c1-5-20-18(22-13-19(2)9-6-10-26-19)21-12-16(23)15-11-14(24-3)7-8-17(15)25-4;/h7-8,11,16,23H,5-6,9-10,12-13H2,1-4H3,(H2,20,21,22);1H. The van der Waals surface area contributed by atoms with Crippen molar-refractivity contribution in [1.29, 1.82) is 0 Å². The van der Waals surface area contributed by atoms with Crippen LogP contribution in [0.1, 0.15) is 38.4 Å². The van der Waals surface area contributed by atoms with Crippen LogP contribution in [0.15, 0.2) is 23.2 Å². The highest BCUT2D eigenvalue weighted by Gasteiger charge is 2.29. The van der Waals surface area contributed by atoms with E-state index in [9.17, 15) is 5.11 Å². The maximum Gasteiger partial charge on any atom is 0.191 e. The van der Waals surface area contributed by atoms with Crippen LogP contribution in [0.2, 0.25) is 0 Å². The molecule has 2 unspecified atom stereocenters. The summed E-state index contributed by atoms with van der Waals surface area (Å²) in [6.45, 7) is 6.51. The van der Waals surface area contributed by atoms with Crippen molar-refractivity contribution in [3.63, 3.8) is 0 Å². The van der Waals surface area contributed by atoms with Gasteiger partial charge in [-0.1, -0.05) is 0 Å². The van der Waals surface area contributed by atoms with E-state index < -0.39 is 6.10 Å². The maximum absolute atomic E-state index is 10.6. The van der Waals surface area contributed by atoms with Crippen LogP contribution in [0.5, 0.6) is 11.5 Å². The summed E-state index contributed by atoms with van der Waals surface area (Å²) in [6, 6.07) is 5.37. The van der Waals surface area contributed by atoms with E-state index in [0.29, 0.717) is 36.1 Å². The highest BCUT2D eigenvalue weighted by atomic mass is 127. The number of guanidine groups is 1. The predicted molar refractivity (Wildman–Crippen MR) is 117 cm³/mol. The number of ether oxygens (including phenoxy) is 3. The SMILES string of the molecule is CCNC(=NCC1(C)CCCO1)NCC(O)c1cc(OC)ccc1OC.I. The lowest BCUT2D eigenvalue weighted by Crippen LogP contribution is -2.41. The molecule has 2 atom stereocenters. The van der Waals surface area contributed by atoms with Crippen LogP contribution in [0.25, 0.3) is 0 Å². The molecule has 0 radical (unpaired) electrons. The number of rotatable bonds is 8. The van der Waals surface area contributed by atoms with Gasteiger partial charge in [-0.3, -0.25) is 4.99 Å². The van der Waals surface area contributed by atoms with Gasteiger partial charge in [-0.05, 0) is 44.9 Å². The Kier molecular flexibility index (Phi) is 10.2. The molecule has 1 fully saturated rings. The highest BCUT2D eigenvalue weighted by molar-refractivity contribution is 14.0. The van der Waals surface area contributed by atoms with Gasteiger partial charge >= 0.3 is 0 Å². The van der Waals surface area contributed by atoms with Crippen molar-refractivity contribution in [3.8, 4) is 11.5 Å². The fourth-order valence-corrected chi connectivity index (χ4v) is 2.95. The van der Waals surface area contributed by atoms with Gasteiger partial charge < -0.3 is 30.0 Å². The number of hydrogen-bond acceptors (Lipinski definition) is 5. The topological polar surface area (TPSA) is 84.3 Å². The highest BCUT2D eigenvalue weighted by Crippen LogP contribution is 2.29. The van der Waals surface area contributed by atoms with Crippen LogP contribution in [-0.4, -0.2) is 57.1 Å². The van der Waals surface area contributed by atoms with Crippen LogP contribution >= 0.6 is 24.0 Å². The summed E-state index contributed by atoms with van der Waals surface area (Å²) in [5, 5.41) is 17.0. The Labute approximate surface area is 178 Å². The number of nitrogens with one attached hydrogen (secondary N) is 2. The number of methoxy groups -OCH3 is 2. The molecular formula is C19H32IN3O4. The van der Waals surface area contributed by atoms with Crippen molar-refractivity contribution < 1.29 is 19.3 Å². The average molecular weight is 493 g/mol. The molecule has 0 bridgehead atoms. The monoisotopic (exact) mass is 493 g/mol. The Balaban J connectivity index is 0.00000364. The molecule has 154 valence electrons. The zero-order valence-electron chi connectivity index (χ0n) is 16.6. The van der Waals surface area contributed by atoms with E-state index in [1.54, 1.807) is 32.4 Å². The number of halogens is 1. The van der Waals surface area contributed by atoms with Crippen LogP contribution in [0.4, 0.5) is 0 Å².